The highest BCUT2D eigenvalue weighted by molar-refractivity contribution is 7.89. The van der Waals surface area contributed by atoms with Crippen LogP contribution in [0.1, 0.15) is 32.3 Å². The third-order valence-electron chi connectivity index (χ3n) is 4.69. The molecule has 0 N–H and O–H groups in total. The molecular formula is C18H27NO5S. The van der Waals surface area contributed by atoms with Crippen molar-refractivity contribution in [3.63, 3.8) is 0 Å². The number of piperidine rings is 1. The Morgan fingerprint density at radius 3 is 2.72 bits per heavy atom. The van der Waals surface area contributed by atoms with Crippen molar-refractivity contribution in [3.8, 4) is 5.75 Å². The van der Waals surface area contributed by atoms with E-state index in [-0.39, 0.29) is 24.9 Å². The van der Waals surface area contributed by atoms with Crippen molar-refractivity contribution in [2.75, 3.05) is 32.6 Å². The average molecular weight is 369 g/mol. The summed E-state index contributed by atoms with van der Waals surface area (Å²) in [5.74, 6) is 0.421. The molecule has 1 aliphatic rings. The zero-order chi connectivity index (χ0) is 18.5. The Balaban J connectivity index is 2.35. The lowest BCUT2D eigenvalue weighted by Gasteiger charge is -2.40. The molecule has 0 radical (unpaired) electrons. The minimum atomic E-state index is -3.34. The maximum absolute atomic E-state index is 12.8. The number of esters is 1. The van der Waals surface area contributed by atoms with Gasteiger partial charge < -0.3 is 9.47 Å². The predicted octanol–water partition coefficient (Wildman–Crippen LogP) is 2.23. The molecule has 25 heavy (non-hydrogen) atoms. The number of hydrogen-bond acceptors (Lipinski definition) is 5. The van der Waals surface area contributed by atoms with Crippen LogP contribution in [0.4, 0.5) is 0 Å². The highest BCUT2D eigenvalue weighted by Gasteiger charge is 2.46. The van der Waals surface area contributed by atoms with E-state index >= 15 is 0 Å². The second kappa shape index (κ2) is 8.19. The Kier molecular flexibility index (Phi) is 6.46. The molecule has 1 heterocycles. The zero-order valence-electron chi connectivity index (χ0n) is 15.2. The minimum absolute atomic E-state index is 0.0328. The number of carbonyl (C=O) groups excluding carboxylic acids is 1. The normalized spacial score (nSPS) is 21.7. The molecule has 1 aromatic rings. The molecule has 6 nitrogen and oxygen atoms in total. The van der Waals surface area contributed by atoms with Crippen molar-refractivity contribution in [1.29, 1.82) is 0 Å². The standard InChI is InChI=1S/C18H27NO5S/c1-4-24-17(20)18(13-15-8-6-9-16(12-15)23-3)10-7-11-19(14-18)25(21,22)5-2/h6,8-9,12H,4-5,7,10-11,13-14H2,1-3H3/t18-/m1/s1. The maximum Gasteiger partial charge on any atom is 0.313 e. The molecule has 0 amide bonds. The third kappa shape index (κ3) is 4.52. The molecule has 0 spiro atoms. The Morgan fingerprint density at radius 1 is 1.32 bits per heavy atom. The van der Waals surface area contributed by atoms with Crippen LogP contribution in [0.15, 0.2) is 24.3 Å². The van der Waals surface area contributed by atoms with Gasteiger partial charge in [0.05, 0.1) is 24.9 Å². The molecular weight excluding hydrogens is 342 g/mol. The number of benzene rings is 1. The summed E-state index contributed by atoms with van der Waals surface area (Å²) in [6, 6.07) is 7.52. The third-order valence-corrected chi connectivity index (χ3v) is 6.51. The van der Waals surface area contributed by atoms with Crippen molar-refractivity contribution < 1.29 is 22.7 Å². The van der Waals surface area contributed by atoms with E-state index in [9.17, 15) is 13.2 Å². The summed E-state index contributed by atoms with van der Waals surface area (Å²) in [7, 11) is -1.75. The van der Waals surface area contributed by atoms with Crippen molar-refractivity contribution >= 4 is 16.0 Å². The van der Waals surface area contributed by atoms with Crippen molar-refractivity contribution in [2.24, 2.45) is 5.41 Å². The number of rotatable bonds is 7. The van der Waals surface area contributed by atoms with E-state index in [1.165, 1.54) is 4.31 Å². The van der Waals surface area contributed by atoms with Gasteiger partial charge in [-0.15, -0.1) is 0 Å². The monoisotopic (exact) mass is 369 g/mol. The summed E-state index contributed by atoms with van der Waals surface area (Å²) in [6.07, 6.45) is 1.68. The molecule has 0 aliphatic carbocycles. The molecule has 0 aromatic heterocycles. The van der Waals surface area contributed by atoms with Gasteiger partial charge in [-0.25, -0.2) is 12.7 Å². The number of ether oxygens (including phenoxy) is 2. The van der Waals surface area contributed by atoms with Crippen LogP contribution in [0.2, 0.25) is 0 Å². The van der Waals surface area contributed by atoms with E-state index in [1.807, 2.05) is 24.3 Å². The van der Waals surface area contributed by atoms with Crippen molar-refractivity contribution in [2.45, 2.75) is 33.1 Å². The molecule has 1 aromatic carbocycles. The molecule has 0 saturated carbocycles. The Labute approximate surface area is 150 Å². The average Bonchev–Trinajstić information content (AvgIpc) is 2.62. The number of methoxy groups -OCH3 is 1. The van der Waals surface area contributed by atoms with Gasteiger partial charge in [-0.1, -0.05) is 12.1 Å². The molecule has 2 rings (SSSR count). The Hall–Kier alpha value is -1.60. The molecule has 1 atom stereocenters. The largest absolute Gasteiger partial charge is 0.497 e. The summed E-state index contributed by atoms with van der Waals surface area (Å²) in [5.41, 5.74) is 0.0752. The predicted molar refractivity (Wildman–Crippen MR) is 96.0 cm³/mol. The molecule has 1 saturated heterocycles. The lowest BCUT2D eigenvalue weighted by atomic mass is 9.75. The molecule has 1 aliphatic heterocycles. The van der Waals surface area contributed by atoms with Crippen LogP contribution >= 0.6 is 0 Å². The van der Waals surface area contributed by atoms with Crippen LogP contribution in [-0.4, -0.2) is 51.3 Å². The topological polar surface area (TPSA) is 72.9 Å². The van der Waals surface area contributed by atoms with Crippen LogP contribution < -0.4 is 4.74 Å². The highest BCUT2D eigenvalue weighted by Crippen LogP contribution is 2.37. The van der Waals surface area contributed by atoms with Gasteiger partial charge >= 0.3 is 5.97 Å². The van der Waals surface area contributed by atoms with Gasteiger partial charge in [-0.3, -0.25) is 4.79 Å². The fraction of sp³-hybridized carbons (Fsp3) is 0.611. The van der Waals surface area contributed by atoms with E-state index in [0.717, 1.165) is 5.56 Å². The molecule has 1 fully saturated rings. The minimum Gasteiger partial charge on any atom is -0.497 e. The fourth-order valence-electron chi connectivity index (χ4n) is 3.35. The summed E-state index contributed by atoms with van der Waals surface area (Å²) < 4.78 is 36.7. The van der Waals surface area contributed by atoms with Gasteiger partial charge in [0.1, 0.15) is 5.75 Å². The molecule has 140 valence electrons. The van der Waals surface area contributed by atoms with E-state index in [1.54, 1.807) is 21.0 Å². The second-order valence-electron chi connectivity index (χ2n) is 6.37. The van der Waals surface area contributed by atoms with Crippen LogP contribution in [0.5, 0.6) is 5.75 Å². The summed E-state index contributed by atoms with van der Waals surface area (Å²) in [4.78, 5) is 12.8. The first kappa shape index (κ1) is 19.7. The first-order chi connectivity index (χ1) is 11.9. The first-order valence-corrected chi connectivity index (χ1v) is 10.3. The Bertz CT molecular complexity index is 703. The van der Waals surface area contributed by atoms with Gasteiger partial charge in [0.2, 0.25) is 10.0 Å². The van der Waals surface area contributed by atoms with Gasteiger partial charge in [-0.2, -0.15) is 0 Å². The van der Waals surface area contributed by atoms with Gasteiger partial charge in [-0.05, 0) is 50.8 Å². The number of sulfonamides is 1. The summed E-state index contributed by atoms with van der Waals surface area (Å²) in [5, 5.41) is 0. The zero-order valence-corrected chi connectivity index (χ0v) is 16.0. The van der Waals surface area contributed by atoms with Gasteiger partial charge in [0.15, 0.2) is 0 Å². The van der Waals surface area contributed by atoms with Crippen LogP contribution in [-0.2, 0) is 26.0 Å². The molecule has 0 bridgehead atoms. The lowest BCUT2D eigenvalue weighted by Crippen LogP contribution is -2.51. The number of hydrogen-bond donors (Lipinski definition) is 0. The lowest BCUT2D eigenvalue weighted by molar-refractivity contribution is -0.157. The number of nitrogens with zero attached hydrogens (tertiary/aromatic N) is 1. The molecule has 7 heteroatoms. The molecule has 0 unspecified atom stereocenters. The smallest absolute Gasteiger partial charge is 0.313 e. The van der Waals surface area contributed by atoms with E-state index in [0.29, 0.717) is 31.6 Å². The van der Waals surface area contributed by atoms with Crippen molar-refractivity contribution in [1.82, 2.24) is 4.31 Å². The van der Waals surface area contributed by atoms with E-state index in [2.05, 4.69) is 0 Å². The SMILES string of the molecule is CCOC(=O)[C@@]1(Cc2cccc(OC)c2)CCCN(S(=O)(=O)CC)C1. The van der Waals surface area contributed by atoms with Crippen LogP contribution in [0, 0.1) is 5.41 Å². The Morgan fingerprint density at radius 2 is 2.08 bits per heavy atom. The highest BCUT2D eigenvalue weighted by atomic mass is 32.2. The van der Waals surface area contributed by atoms with Crippen LogP contribution in [0.3, 0.4) is 0 Å². The van der Waals surface area contributed by atoms with Crippen LogP contribution in [0.25, 0.3) is 0 Å². The fourth-order valence-corrected chi connectivity index (χ4v) is 4.57. The maximum atomic E-state index is 12.8. The second-order valence-corrected chi connectivity index (χ2v) is 8.62. The van der Waals surface area contributed by atoms with Crippen molar-refractivity contribution in [3.05, 3.63) is 29.8 Å². The summed E-state index contributed by atoms with van der Waals surface area (Å²) in [6.45, 7) is 4.28. The van der Waals surface area contributed by atoms with Gasteiger partial charge in [0, 0.05) is 13.1 Å². The first-order valence-electron chi connectivity index (χ1n) is 8.65. The summed E-state index contributed by atoms with van der Waals surface area (Å²) >= 11 is 0. The quantitative estimate of drug-likeness (QED) is 0.689. The number of carbonyl (C=O) groups is 1. The van der Waals surface area contributed by atoms with Gasteiger partial charge in [0.25, 0.3) is 0 Å². The van der Waals surface area contributed by atoms with E-state index < -0.39 is 15.4 Å². The van der Waals surface area contributed by atoms with E-state index in [4.69, 9.17) is 9.47 Å².